The molecule has 0 saturated carbocycles. The molecular weight excluding hydrogens is 438 g/mol. The van der Waals surface area contributed by atoms with Gasteiger partial charge in [-0.25, -0.2) is 13.1 Å². The van der Waals surface area contributed by atoms with Crippen LogP contribution in [0.2, 0.25) is 0 Å². The number of para-hydroxylation sites is 1. The molecule has 3 aromatic rings. The van der Waals surface area contributed by atoms with Crippen LogP contribution in [0.15, 0.2) is 52.2 Å². The quantitative estimate of drug-likeness (QED) is 0.563. The Morgan fingerprint density at radius 3 is 2.48 bits per heavy atom. The Morgan fingerprint density at radius 2 is 1.79 bits per heavy atom. The lowest BCUT2D eigenvalue weighted by molar-refractivity contribution is 0.403. The minimum Gasteiger partial charge on any atom is -0.495 e. The van der Waals surface area contributed by atoms with Crippen molar-refractivity contribution in [1.82, 2.24) is 9.78 Å². The Bertz CT molecular complexity index is 1350. The molecule has 1 aliphatic rings. The highest BCUT2D eigenvalue weighted by Crippen LogP contribution is 2.34. The van der Waals surface area contributed by atoms with Crippen LogP contribution >= 0.6 is 0 Å². The molecule has 0 radical (unpaired) electrons. The van der Waals surface area contributed by atoms with E-state index in [0.29, 0.717) is 29.9 Å². The number of nitrogens with zero attached hydrogens (tertiary/aromatic N) is 2. The minimum absolute atomic E-state index is 0.0361. The van der Waals surface area contributed by atoms with Crippen LogP contribution in [0, 0.1) is 0 Å². The summed E-state index contributed by atoms with van der Waals surface area (Å²) in [6, 6.07) is 12.4. The molecule has 4 rings (SSSR count). The summed E-state index contributed by atoms with van der Waals surface area (Å²) in [5, 5.41) is 4.61. The van der Waals surface area contributed by atoms with Gasteiger partial charge in [0.05, 0.1) is 18.5 Å². The van der Waals surface area contributed by atoms with Crippen LogP contribution in [0.3, 0.4) is 0 Å². The Labute approximate surface area is 194 Å². The zero-order valence-corrected chi connectivity index (χ0v) is 20.0. The largest absolute Gasteiger partial charge is 0.495 e. The molecule has 8 heteroatoms. The Kier molecular flexibility index (Phi) is 6.56. The van der Waals surface area contributed by atoms with Gasteiger partial charge in [-0.15, -0.1) is 0 Å². The van der Waals surface area contributed by atoms with Crippen molar-refractivity contribution in [3.05, 3.63) is 69.5 Å². The van der Waals surface area contributed by atoms with Crippen molar-refractivity contribution >= 4 is 15.7 Å². The molecule has 2 aromatic carbocycles. The molecule has 7 nitrogen and oxygen atoms in total. The zero-order valence-electron chi connectivity index (χ0n) is 19.2. The van der Waals surface area contributed by atoms with Gasteiger partial charge >= 0.3 is 0 Å². The first-order valence-electron chi connectivity index (χ1n) is 11.3. The normalized spacial score (nSPS) is 13.4. The fraction of sp³-hybridized carbons (Fsp3) is 0.360. The third-order valence-corrected chi connectivity index (χ3v) is 7.52. The molecule has 0 unspecified atom stereocenters. The summed E-state index contributed by atoms with van der Waals surface area (Å²) in [6.45, 7) is 4.31. The second-order valence-corrected chi connectivity index (χ2v) is 9.77. The standard InChI is InChI=1S/C25H29N3O4S/c1-4-17-10-6-9-13-21(17)27-33(30,31)23-16-18(14-15-22(23)32-3)24-19-11-7-8-12-20(19)25(29)28(5-2)26-24/h6,9-10,13-16,27H,4-5,7-8,11-12H2,1-3H3. The summed E-state index contributed by atoms with van der Waals surface area (Å²) in [4.78, 5) is 12.8. The number of sulfonamides is 1. The molecule has 0 fully saturated rings. The predicted octanol–water partition coefficient (Wildman–Crippen LogP) is 4.18. The molecule has 1 aliphatic carbocycles. The number of aromatic nitrogens is 2. The number of anilines is 1. The van der Waals surface area contributed by atoms with E-state index < -0.39 is 10.0 Å². The summed E-state index contributed by atoms with van der Waals surface area (Å²) >= 11 is 0. The Morgan fingerprint density at radius 1 is 1.06 bits per heavy atom. The van der Waals surface area contributed by atoms with Gasteiger partial charge < -0.3 is 4.74 Å². The molecule has 0 aliphatic heterocycles. The molecule has 0 atom stereocenters. The minimum atomic E-state index is -3.94. The van der Waals surface area contributed by atoms with Gasteiger partial charge in [0, 0.05) is 17.7 Å². The highest BCUT2D eigenvalue weighted by Gasteiger charge is 2.25. The highest BCUT2D eigenvalue weighted by molar-refractivity contribution is 7.92. The van der Waals surface area contributed by atoms with E-state index in [4.69, 9.17) is 4.74 Å². The average molecular weight is 468 g/mol. The first-order valence-corrected chi connectivity index (χ1v) is 12.8. The number of benzene rings is 2. The number of aryl methyl sites for hydroxylation is 2. The van der Waals surface area contributed by atoms with Crippen LogP contribution in [0.5, 0.6) is 5.75 Å². The topological polar surface area (TPSA) is 90.3 Å². The number of hydrogen-bond donors (Lipinski definition) is 1. The molecule has 0 saturated heterocycles. The maximum absolute atomic E-state index is 13.4. The van der Waals surface area contributed by atoms with E-state index in [-0.39, 0.29) is 16.2 Å². The zero-order chi connectivity index (χ0) is 23.6. The van der Waals surface area contributed by atoms with E-state index in [1.807, 2.05) is 26.0 Å². The number of fused-ring (bicyclic) bond motifs is 1. The predicted molar refractivity (Wildman–Crippen MR) is 129 cm³/mol. The van der Waals surface area contributed by atoms with E-state index in [1.165, 1.54) is 11.8 Å². The van der Waals surface area contributed by atoms with Gasteiger partial charge in [-0.1, -0.05) is 25.1 Å². The van der Waals surface area contributed by atoms with Crippen molar-refractivity contribution in [2.45, 2.75) is 57.4 Å². The second kappa shape index (κ2) is 9.39. The van der Waals surface area contributed by atoms with E-state index in [9.17, 15) is 13.2 Å². The molecule has 1 aromatic heterocycles. The number of nitrogens with one attached hydrogen (secondary N) is 1. The van der Waals surface area contributed by atoms with Gasteiger partial charge in [0.25, 0.3) is 15.6 Å². The first kappa shape index (κ1) is 23.0. The van der Waals surface area contributed by atoms with Crippen LogP contribution in [-0.2, 0) is 35.8 Å². The molecule has 1 N–H and O–H groups in total. The third-order valence-electron chi connectivity index (χ3n) is 6.14. The van der Waals surface area contributed by atoms with Gasteiger partial charge in [-0.05, 0) is 74.4 Å². The molecule has 33 heavy (non-hydrogen) atoms. The summed E-state index contributed by atoms with van der Waals surface area (Å²) in [5.74, 6) is 0.248. The van der Waals surface area contributed by atoms with Crippen LogP contribution in [0.25, 0.3) is 11.3 Å². The SMILES string of the molecule is CCc1ccccc1NS(=O)(=O)c1cc(-c2nn(CC)c(=O)c3c2CCCC3)ccc1OC. The lowest BCUT2D eigenvalue weighted by atomic mass is 9.90. The van der Waals surface area contributed by atoms with Gasteiger partial charge in [-0.2, -0.15) is 5.10 Å². The van der Waals surface area contributed by atoms with E-state index in [0.717, 1.165) is 42.4 Å². The first-order chi connectivity index (χ1) is 15.9. The molecule has 0 spiro atoms. The molecule has 174 valence electrons. The van der Waals surface area contributed by atoms with Crippen LogP contribution in [0.1, 0.15) is 43.4 Å². The van der Waals surface area contributed by atoms with Crippen molar-refractivity contribution in [3.63, 3.8) is 0 Å². The lowest BCUT2D eigenvalue weighted by Gasteiger charge is -2.21. The lowest BCUT2D eigenvalue weighted by Crippen LogP contribution is -2.30. The fourth-order valence-corrected chi connectivity index (χ4v) is 5.69. The van der Waals surface area contributed by atoms with E-state index in [2.05, 4.69) is 9.82 Å². The summed E-state index contributed by atoms with van der Waals surface area (Å²) in [7, 11) is -2.49. The van der Waals surface area contributed by atoms with Crippen LogP contribution < -0.4 is 15.0 Å². The monoisotopic (exact) mass is 467 g/mol. The number of methoxy groups -OCH3 is 1. The van der Waals surface area contributed by atoms with Crippen molar-refractivity contribution in [2.24, 2.45) is 0 Å². The van der Waals surface area contributed by atoms with Crippen molar-refractivity contribution < 1.29 is 13.2 Å². The van der Waals surface area contributed by atoms with Gasteiger partial charge in [0.2, 0.25) is 0 Å². The van der Waals surface area contributed by atoms with Crippen molar-refractivity contribution in [2.75, 3.05) is 11.8 Å². The Balaban J connectivity index is 1.86. The summed E-state index contributed by atoms with van der Waals surface area (Å²) in [5.41, 5.74) is 4.44. The molecule has 1 heterocycles. The van der Waals surface area contributed by atoms with E-state index >= 15 is 0 Å². The van der Waals surface area contributed by atoms with Gasteiger partial charge in [0.1, 0.15) is 10.6 Å². The van der Waals surface area contributed by atoms with Crippen LogP contribution in [-0.4, -0.2) is 25.3 Å². The maximum atomic E-state index is 13.4. The highest BCUT2D eigenvalue weighted by atomic mass is 32.2. The summed E-state index contributed by atoms with van der Waals surface area (Å²) in [6.07, 6.45) is 4.13. The van der Waals surface area contributed by atoms with Crippen LogP contribution in [0.4, 0.5) is 5.69 Å². The second-order valence-electron chi connectivity index (χ2n) is 8.12. The summed E-state index contributed by atoms with van der Waals surface area (Å²) < 4.78 is 36.4. The van der Waals surface area contributed by atoms with Gasteiger partial charge in [-0.3, -0.25) is 9.52 Å². The number of hydrogen-bond acceptors (Lipinski definition) is 5. The van der Waals surface area contributed by atoms with E-state index in [1.54, 1.807) is 30.3 Å². The fourth-order valence-electron chi connectivity index (χ4n) is 4.39. The Hall–Kier alpha value is -3.13. The smallest absolute Gasteiger partial charge is 0.270 e. The van der Waals surface area contributed by atoms with Crippen molar-refractivity contribution in [1.29, 1.82) is 0 Å². The molecular formula is C25H29N3O4S. The molecule has 0 bridgehead atoms. The van der Waals surface area contributed by atoms with Gasteiger partial charge in [0.15, 0.2) is 0 Å². The average Bonchev–Trinajstić information content (AvgIpc) is 2.84. The number of rotatable bonds is 7. The van der Waals surface area contributed by atoms with Crippen molar-refractivity contribution in [3.8, 4) is 17.0 Å². The number of ether oxygens (including phenoxy) is 1. The third kappa shape index (κ3) is 4.39. The maximum Gasteiger partial charge on any atom is 0.270 e. The molecule has 0 amide bonds.